The molecule has 0 radical (unpaired) electrons. The third kappa shape index (κ3) is 2.93. The van der Waals surface area contributed by atoms with Gasteiger partial charge in [0.15, 0.2) is 5.78 Å². The zero-order valence-electron chi connectivity index (χ0n) is 11.8. The lowest BCUT2D eigenvalue weighted by atomic mass is 10.1. The fourth-order valence-electron chi connectivity index (χ4n) is 2.01. The van der Waals surface area contributed by atoms with Gasteiger partial charge in [0.25, 0.3) is 0 Å². The van der Waals surface area contributed by atoms with Gasteiger partial charge < -0.3 is 4.74 Å². The van der Waals surface area contributed by atoms with Gasteiger partial charge in [-0.05, 0) is 41.4 Å². The Morgan fingerprint density at radius 3 is 2.70 bits per heavy atom. The Kier molecular flexibility index (Phi) is 4.60. The molecule has 0 amide bonds. The molecule has 0 unspecified atom stereocenters. The average molecular weight is 337 g/mol. The second-order valence-corrected chi connectivity index (χ2v) is 5.32. The standard InChI is InChI=1S/C15H17BrN2O2/c1-4-12-15(16)13(18(3)17-12)9-20-14-8-6-5-7-11(14)10(2)19/h5-8H,4,9H2,1-3H3. The molecule has 106 valence electrons. The van der Waals surface area contributed by atoms with Crippen LogP contribution in [-0.2, 0) is 20.1 Å². The number of ether oxygens (including phenoxy) is 1. The summed E-state index contributed by atoms with van der Waals surface area (Å²) in [7, 11) is 1.89. The molecule has 0 saturated heterocycles. The van der Waals surface area contributed by atoms with Crippen LogP contribution in [0.4, 0.5) is 0 Å². The van der Waals surface area contributed by atoms with Crippen LogP contribution in [0.5, 0.6) is 5.75 Å². The van der Waals surface area contributed by atoms with Gasteiger partial charge in [0.2, 0.25) is 0 Å². The molecule has 20 heavy (non-hydrogen) atoms. The summed E-state index contributed by atoms with van der Waals surface area (Å²) < 4.78 is 8.57. The molecule has 4 nitrogen and oxygen atoms in total. The molecule has 0 fully saturated rings. The van der Waals surface area contributed by atoms with Gasteiger partial charge in [-0.15, -0.1) is 0 Å². The highest BCUT2D eigenvalue weighted by atomic mass is 79.9. The first-order valence-electron chi connectivity index (χ1n) is 6.47. The van der Waals surface area contributed by atoms with Crippen molar-refractivity contribution in [1.82, 2.24) is 9.78 Å². The van der Waals surface area contributed by atoms with Crippen LogP contribution in [0.15, 0.2) is 28.7 Å². The Morgan fingerprint density at radius 1 is 1.40 bits per heavy atom. The smallest absolute Gasteiger partial charge is 0.163 e. The van der Waals surface area contributed by atoms with E-state index in [0.29, 0.717) is 17.9 Å². The first-order valence-corrected chi connectivity index (χ1v) is 7.26. The van der Waals surface area contributed by atoms with Gasteiger partial charge in [-0.1, -0.05) is 19.1 Å². The lowest BCUT2D eigenvalue weighted by molar-refractivity contribution is 0.101. The lowest BCUT2D eigenvalue weighted by Gasteiger charge is -2.10. The molecular weight excluding hydrogens is 320 g/mol. The second kappa shape index (κ2) is 6.22. The minimum absolute atomic E-state index is 0.00100. The fourth-order valence-corrected chi connectivity index (χ4v) is 2.74. The number of hydrogen-bond donors (Lipinski definition) is 0. The lowest BCUT2D eigenvalue weighted by Crippen LogP contribution is -2.06. The number of aryl methyl sites for hydroxylation is 2. The summed E-state index contributed by atoms with van der Waals surface area (Å²) in [5, 5.41) is 4.42. The molecular formula is C15H17BrN2O2. The largest absolute Gasteiger partial charge is 0.487 e. The van der Waals surface area contributed by atoms with Crippen LogP contribution in [0.25, 0.3) is 0 Å². The normalized spacial score (nSPS) is 10.6. The summed E-state index contributed by atoms with van der Waals surface area (Å²) in [5.41, 5.74) is 2.56. The maximum atomic E-state index is 11.6. The Labute approximate surface area is 126 Å². The molecule has 0 atom stereocenters. The van der Waals surface area contributed by atoms with Crippen molar-refractivity contribution in [2.45, 2.75) is 26.9 Å². The van der Waals surface area contributed by atoms with Crippen molar-refractivity contribution in [1.29, 1.82) is 0 Å². The molecule has 0 aliphatic carbocycles. The summed E-state index contributed by atoms with van der Waals surface area (Å²) in [6.07, 6.45) is 0.860. The number of hydrogen-bond acceptors (Lipinski definition) is 3. The summed E-state index contributed by atoms with van der Waals surface area (Å²) in [6.45, 7) is 3.97. The maximum absolute atomic E-state index is 11.6. The van der Waals surface area contributed by atoms with Crippen molar-refractivity contribution in [3.05, 3.63) is 45.7 Å². The number of nitrogens with zero attached hydrogens (tertiary/aromatic N) is 2. The van der Waals surface area contributed by atoms with E-state index in [2.05, 4.69) is 28.0 Å². The summed E-state index contributed by atoms with van der Waals surface area (Å²) in [6, 6.07) is 7.27. The van der Waals surface area contributed by atoms with E-state index in [1.54, 1.807) is 10.7 Å². The van der Waals surface area contributed by atoms with Crippen LogP contribution in [-0.4, -0.2) is 15.6 Å². The molecule has 0 aliphatic heterocycles. The van der Waals surface area contributed by atoms with Crippen molar-refractivity contribution in [3.8, 4) is 5.75 Å². The van der Waals surface area contributed by atoms with Gasteiger partial charge >= 0.3 is 0 Å². The summed E-state index contributed by atoms with van der Waals surface area (Å²) in [4.78, 5) is 11.6. The molecule has 1 aromatic heterocycles. The highest BCUT2D eigenvalue weighted by Crippen LogP contribution is 2.25. The molecule has 1 heterocycles. The van der Waals surface area contributed by atoms with E-state index in [4.69, 9.17) is 4.74 Å². The minimum atomic E-state index is -0.00100. The molecule has 2 rings (SSSR count). The number of ketones is 1. The van der Waals surface area contributed by atoms with Gasteiger partial charge in [0.05, 0.1) is 21.4 Å². The van der Waals surface area contributed by atoms with E-state index >= 15 is 0 Å². The Bertz CT molecular complexity index is 635. The maximum Gasteiger partial charge on any atom is 0.163 e. The van der Waals surface area contributed by atoms with Crippen LogP contribution < -0.4 is 4.74 Å². The van der Waals surface area contributed by atoms with Crippen LogP contribution in [0.3, 0.4) is 0 Å². The van der Waals surface area contributed by atoms with Crippen molar-refractivity contribution in [2.75, 3.05) is 0 Å². The van der Waals surface area contributed by atoms with Gasteiger partial charge in [-0.3, -0.25) is 9.48 Å². The first-order chi connectivity index (χ1) is 9.54. The van der Waals surface area contributed by atoms with Crippen LogP contribution >= 0.6 is 15.9 Å². The number of Topliss-reactive ketones (excluding diaryl/α,β-unsaturated/α-hetero) is 1. The fraction of sp³-hybridized carbons (Fsp3) is 0.333. The van der Waals surface area contributed by atoms with Crippen LogP contribution in [0, 0.1) is 0 Å². The highest BCUT2D eigenvalue weighted by Gasteiger charge is 2.14. The zero-order chi connectivity index (χ0) is 14.7. The molecule has 0 aliphatic rings. The van der Waals surface area contributed by atoms with E-state index < -0.39 is 0 Å². The van der Waals surface area contributed by atoms with Crippen LogP contribution in [0.1, 0.15) is 35.6 Å². The third-order valence-corrected chi connectivity index (χ3v) is 4.05. The average Bonchev–Trinajstić information content (AvgIpc) is 2.71. The zero-order valence-corrected chi connectivity index (χ0v) is 13.4. The number of rotatable bonds is 5. The molecule has 0 bridgehead atoms. The Balaban J connectivity index is 2.21. The number of halogens is 1. The van der Waals surface area contributed by atoms with Crippen molar-refractivity contribution in [2.24, 2.45) is 7.05 Å². The molecule has 5 heteroatoms. The number of carbonyl (C=O) groups is 1. The number of para-hydroxylation sites is 1. The topological polar surface area (TPSA) is 44.1 Å². The molecule has 1 aromatic carbocycles. The summed E-state index contributed by atoms with van der Waals surface area (Å²) >= 11 is 3.55. The Hall–Kier alpha value is -1.62. The predicted molar refractivity (Wildman–Crippen MR) is 81.1 cm³/mol. The SMILES string of the molecule is CCc1nn(C)c(COc2ccccc2C(C)=O)c1Br. The first kappa shape index (κ1) is 14.8. The van der Waals surface area contributed by atoms with E-state index in [1.165, 1.54) is 6.92 Å². The van der Waals surface area contributed by atoms with Crippen molar-refractivity contribution in [3.63, 3.8) is 0 Å². The monoisotopic (exact) mass is 336 g/mol. The van der Waals surface area contributed by atoms with E-state index in [9.17, 15) is 4.79 Å². The molecule has 0 spiro atoms. The third-order valence-electron chi connectivity index (χ3n) is 3.13. The summed E-state index contributed by atoms with van der Waals surface area (Å²) in [5.74, 6) is 0.602. The molecule has 0 N–H and O–H groups in total. The molecule has 0 saturated carbocycles. The van der Waals surface area contributed by atoms with Gasteiger partial charge in [-0.25, -0.2) is 0 Å². The number of aromatic nitrogens is 2. The quantitative estimate of drug-likeness (QED) is 0.784. The van der Waals surface area contributed by atoms with E-state index in [-0.39, 0.29) is 5.78 Å². The van der Waals surface area contributed by atoms with E-state index in [1.807, 2.05) is 25.2 Å². The van der Waals surface area contributed by atoms with Crippen molar-refractivity contribution < 1.29 is 9.53 Å². The van der Waals surface area contributed by atoms with Gasteiger partial charge in [0, 0.05) is 7.05 Å². The van der Waals surface area contributed by atoms with E-state index in [0.717, 1.165) is 22.3 Å². The van der Waals surface area contributed by atoms with Crippen LogP contribution in [0.2, 0.25) is 0 Å². The second-order valence-electron chi connectivity index (χ2n) is 4.53. The molecule has 2 aromatic rings. The van der Waals surface area contributed by atoms with Crippen molar-refractivity contribution >= 4 is 21.7 Å². The Morgan fingerprint density at radius 2 is 2.10 bits per heavy atom. The number of carbonyl (C=O) groups excluding carboxylic acids is 1. The number of benzene rings is 1. The predicted octanol–water partition coefficient (Wildman–Crippen LogP) is 3.53. The van der Waals surface area contributed by atoms with Gasteiger partial charge in [-0.2, -0.15) is 5.10 Å². The highest BCUT2D eigenvalue weighted by molar-refractivity contribution is 9.10. The van der Waals surface area contributed by atoms with Gasteiger partial charge in [0.1, 0.15) is 12.4 Å². The minimum Gasteiger partial charge on any atom is -0.487 e.